The van der Waals surface area contributed by atoms with Crippen LogP contribution in [0.4, 0.5) is 0 Å². The Morgan fingerprint density at radius 1 is 1.18 bits per heavy atom. The van der Waals surface area contributed by atoms with Crippen LogP contribution in [0.1, 0.15) is 47.5 Å². The van der Waals surface area contributed by atoms with Crippen LogP contribution in [-0.2, 0) is 14.3 Å². The van der Waals surface area contributed by atoms with Crippen LogP contribution in [0.5, 0.6) is 0 Å². The van der Waals surface area contributed by atoms with Crippen LogP contribution >= 0.6 is 0 Å². The first kappa shape index (κ1) is 19.4. The molecule has 0 amide bonds. The number of esters is 1. The van der Waals surface area contributed by atoms with Gasteiger partial charge in [-0.05, 0) is 25.7 Å². The summed E-state index contributed by atoms with van der Waals surface area (Å²) in [5, 5.41) is 28.8. The maximum absolute atomic E-state index is 12.3. The SMILES string of the molecule is CCC(C)(C)CC(C)(C)C(=O)OCC1OCC(O)C(O)C1O. The molecule has 6 heteroatoms. The number of aliphatic hydroxyl groups is 3. The number of hydrogen-bond donors (Lipinski definition) is 3. The third-order valence-corrected chi connectivity index (χ3v) is 4.41. The van der Waals surface area contributed by atoms with Crippen molar-refractivity contribution in [1.29, 1.82) is 0 Å². The van der Waals surface area contributed by atoms with Gasteiger partial charge in [-0.1, -0.05) is 27.2 Å². The quantitative estimate of drug-likeness (QED) is 0.629. The van der Waals surface area contributed by atoms with E-state index in [0.717, 1.165) is 6.42 Å². The van der Waals surface area contributed by atoms with Gasteiger partial charge in [0.2, 0.25) is 0 Å². The van der Waals surface area contributed by atoms with Gasteiger partial charge in [-0.2, -0.15) is 0 Å². The van der Waals surface area contributed by atoms with Crippen molar-refractivity contribution < 1.29 is 29.6 Å². The van der Waals surface area contributed by atoms with Crippen LogP contribution < -0.4 is 0 Å². The predicted octanol–water partition coefficient (Wildman–Crippen LogP) is 0.864. The number of aliphatic hydroxyl groups excluding tert-OH is 3. The molecule has 22 heavy (non-hydrogen) atoms. The Balaban J connectivity index is 2.55. The summed E-state index contributed by atoms with van der Waals surface area (Å²) in [6.45, 7) is 9.74. The minimum absolute atomic E-state index is 0.0314. The van der Waals surface area contributed by atoms with E-state index < -0.39 is 29.8 Å². The van der Waals surface area contributed by atoms with E-state index in [9.17, 15) is 20.1 Å². The van der Waals surface area contributed by atoms with Crippen LogP contribution in [0.15, 0.2) is 0 Å². The molecule has 6 nitrogen and oxygen atoms in total. The molecule has 1 aliphatic rings. The van der Waals surface area contributed by atoms with E-state index in [1.54, 1.807) is 0 Å². The zero-order valence-corrected chi connectivity index (χ0v) is 14.2. The third-order valence-electron chi connectivity index (χ3n) is 4.41. The minimum atomic E-state index is -1.29. The Labute approximate surface area is 132 Å². The molecular weight excluding hydrogens is 288 g/mol. The van der Waals surface area contributed by atoms with E-state index >= 15 is 0 Å². The standard InChI is InChI=1S/C16H30O6/c1-6-15(2,3)9-16(4,5)14(20)22-8-11-13(19)12(18)10(17)7-21-11/h10-13,17-19H,6-9H2,1-5H3. The van der Waals surface area contributed by atoms with Crippen molar-refractivity contribution in [2.45, 2.75) is 71.9 Å². The first-order chi connectivity index (χ1) is 10.00. The van der Waals surface area contributed by atoms with Crippen molar-refractivity contribution in [1.82, 2.24) is 0 Å². The molecule has 0 radical (unpaired) electrons. The molecule has 0 bridgehead atoms. The van der Waals surface area contributed by atoms with E-state index in [-0.39, 0.29) is 24.6 Å². The lowest BCUT2D eigenvalue weighted by Gasteiger charge is -2.36. The van der Waals surface area contributed by atoms with Gasteiger partial charge in [0.1, 0.15) is 31.0 Å². The maximum atomic E-state index is 12.3. The van der Waals surface area contributed by atoms with Gasteiger partial charge in [0, 0.05) is 0 Å². The summed E-state index contributed by atoms with van der Waals surface area (Å²) >= 11 is 0. The van der Waals surface area contributed by atoms with Gasteiger partial charge >= 0.3 is 5.97 Å². The van der Waals surface area contributed by atoms with Crippen molar-refractivity contribution in [2.24, 2.45) is 10.8 Å². The van der Waals surface area contributed by atoms with Crippen molar-refractivity contribution in [3.8, 4) is 0 Å². The summed E-state index contributed by atoms with van der Waals surface area (Å²) in [6, 6.07) is 0. The zero-order chi connectivity index (χ0) is 17.1. The van der Waals surface area contributed by atoms with Gasteiger partial charge in [-0.3, -0.25) is 4.79 Å². The third kappa shape index (κ3) is 4.91. The first-order valence-corrected chi connectivity index (χ1v) is 7.83. The van der Waals surface area contributed by atoms with Gasteiger partial charge in [-0.25, -0.2) is 0 Å². The van der Waals surface area contributed by atoms with Crippen LogP contribution in [0, 0.1) is 10.8 Å². The molecule has 4 atom stereocenters. The molecule has 0 aromatic rings. The summed E-state index contributed by atoms with van der Waals surface area (Å²) in [7, 11) is 0. The first-order valence-electron chi connectivity index (χ1n) is 7.83. The van der Waals surface area contributed by atoms with E-state index in [4.69, 9.17) is 9.47 Å². The zero-order valence-electron chi connectivity index (χ0n) is 14.2. The van der Waals surface area contributed by atoms with E-state index in [1.165, 1.54) is 0 Å². The fourth-order valence-corrected chi connectivity index (χ4v) is 2.76. The van der Waals surface area contributed by atoms with Gasteiger partial charge in [0.25, 0.3) is 0 Å². The molecule has 1 saturated heterocycles. The number of ether oxygens (including phenoxy) is 2. The molecule has 0 aromatic carbocycles. The summed E-state index contributed by atoms with van der Waals surface area (Å²) in [5.74, 6) is -0.356. The number of hydrogen-bond acceptors (Lipinski definition) is 6. The average Bonchev–Trinajstić information content (AvgIpc) is 2.42. The summed E-state index contributed by atoms with van der Waals surface area (Å²) < 4.78 is 10.5. The predicted molar refractivity (Wildman–Crippen MR) is 81.2 cm³/mol. The molecule has 0 aliphatic carbocycles. The summed E-state index contributed by atoms with van der Waals surface area (Å²) in [6.07, 6.45) is -2.86. The largest absolute Gasteiger partial charge is 0.462 e. The molecule has 1 rings (SSSR count). The fraction of sp³-hybridized carbons (Fsp3) is 0.938. The highest BCUT2D eigenvalue weighted by Gasteiger charge is 2.40. The van der Waals surface area contributed by atoms with Gasteiger partial charge in [-0.15, -0.1) is 0 Å². The Morgan fingerprint density at radius 2 is 1.77 bits per heavy atom. The van der Waals surface area contributed by atoms with Crippen molar-refractivity contribution in [2.75, 3.05) is 13.2 Å². The van der Waals surface area contributed by atoms with E-state index in [2.05, 4.69) is 20.8 Å². The number of carbonyl (C=O) groups excluding carboxylic acids is 1. The lowest BCUT2D eigenvalue weighted by atomic mass is 9.74. The molecule has 3 N–H and O–H groups in total. The summed E-state index contributed by atoms with van der Waals surface area (Å²) in [4.78, 5) is 12.3. The van der Waals surface area contributed by atoms with E-state index in [1.807, 2.05) is 13.8 Å². The van der Waals surface area contributed by atoms with Crippen molar-refractivity contribution >= 4 is 5.97 Å². The second-order valence-electron chi connectivity index (χ2n) is 7.60. The highest BCUT2D eigenvalue weighted by molar-refractivity contribution is 5.76. The van der Waals surface area contributed by atoms with Crippen LogP contribution in [-0.4, -0.2) is 58.9 Å². The van der Waals surface area contributed by atoms with Crippen molar-refractivity contribution in [3.63, 3.8) is 0 Å². The van der Waals surface area contributed by atoms with Crippen LogP contribution in [0.2, 0.25) is 0 Å². The van der Waals surface area contributed by atoms with Gasteiger partial charge in [0.15, 0.2) is 0 Å². The lowest BCUT2D eigenvalue weighted by Crippen LogP contribution is -2.54. The fourth-order valence-electron chi connectivity index (χ4n) is 2.76. The molecule has 4 unspecified atom stereocenters. The molecule has 1 heterocycles. The second kappa shape index (κ2) is 7.25. The molecule has 0 spiro atoms. The van der Waals surface area contributed by atoms with Crippen molar-refractivity contribution in [3.05, 3.63) is 0 Å². The Bertz CT molecular complexity index is 379. The topological polar surface area (TPSA) is 96.2 Å². The highest BCUT2D eigenvalue weighted by Crippen LogP contribution is 2.36. The molecule has 130 valence electrons. The second-order valence-corrected chi connectivity index (χ2v) is 7.60. The number of carbonyl (C=O) groups is 1. The summed E-state index contributed by atoms with van der Waals surface area (Å²) in [5.41, 5.74) is -0.610. The number of rotatable bonds is 6. The molecule has 0 saturated carbocycles. The Kier molecular flexibility index (Phi) is 6.38. The van der Waals surface area contributed by atoms with E-state index in [0.29, 0.717) is 6.42 Å². The molecular formula is C16H30O6. The highest BCUT2D eigenvalue weighted by atomic mass is 16.6. The normalized spacial score (nSPS) is 30.2. The smallest absolute Gasteiger partial charge is 0.311 e. The van der Waals surface area contributed by atoms with Crippen LogP contribution in [0.3, 0.4) is 0 Å². The molecule has 0 aromatic heterocycles. The minimum Gasteiger partial charge on any atom is -0.462 e. The maximum Gasteiger partial charge on any atom is 0.311 e. The Morgan fingerprint density at radius 3 is 2.32 bits per heavy atom. The van der Waals surface area contributed by atoms with Gasteiger partial charge in [0.05, 0.1) is 12.0 Å². The molecule has 1 aliphatic heterocycles. The molecule has 1 fully saturated rings. The Hall–Kier alpha value is -0.690. The average molecular weight is 318 g/mol. The monoisotopic (exact) mass is 318 g/mol. The van der Waals surface area contributed by atoms with Crippen LogP contribution in [0.25, 0.3) is 0 Å². The lowest BCUT2D eigenvalue weighted by molar-refractivity contribution is -0.203. The van der Waals surface area contributed by atoms with Gasteiger partial charge < -0.3 is 24.8 Å².